The van der Waals surface area contributed by atoms with Gasteiger partial charge in [0, 0.05) is 18.0 Å². The van der Waals surface area contributed by atoms with E-state index in [0.717, 1.165) is 29.7 Å². The Balaban J connectivity index is 1.66. The molecule has 0 aliphatic heterocycles. The molecule has 0 radical (unpaired) electrons. The molecule has 0 atom stereocenters. The summed E-state index contributed by atoms with van der Waals surface area (Å²) >= 11 is 0. The summed E-state index contributed by atoms with van der Waals surface area (Å²) in [5.41, 5.74) is 3.45. The minimum absolute atomic E-state index is 0.0444. The predicted molar refractivity (Wildman–Crippen MR) is 109 cm³/mol. The molecule has 5 nitrogen and oxygen atoms in total. The van der Waals surface area contributed by atoms with Crippen LogP contribution in [0.5, 0.6) is 11.6 Å². The highest BCUT2D eigenvalue weighted by Gasteiger charge is 2.24. The van der Waals surface area contributed by atoms with Crippen LogP contribution < -0.4 is 10.1 Å². The van der Waals surface area contributed by atoms with Gasteiger partial charge in [0.15, 0.2) is 0 Å². The van der Waals surface area contributed by atoms with Crippen LogP contribution in [-0.4, -0.2) is 21.7 Å². The van der Waals surface area contributed by atoms with Crippen LogP contribution in [0.2, 0.25) is 0 Å². The number of carbonyl (C=O) groups excluding carboxylic acids is 1. The van der Waals surface area contributed by atoms with Gasteiger partial charge >= 0.3 is 0 Å². The first-order valence-electron chi connectivity index (χ1n) is 9.88. The Kier molecular flexibility index (Phi) is 5.34. The van der Waals surface area contributed by atoms with Crippen LogP contribution in [-0.2, 0) is 11.2 Å². The Morgan fingerprint density at radius 1 is 1.21 bits per heavy atom. The van der Waals surface area contributed by atoms with E-state index in [1.165, 1.54) is 12.1 Å². The minimum Gasteiger partial charge on any atom is -0.439 e. The Morgan fingerprint density at radius 3 is 2.66 bits per heavy atom. The number of hydrogen-bond donors (Lipinski definition) is 1. The highest BCUT2D eigenvalue weighted by Crippen LogP contribution is 2.32. The molecule has 4 rings (SSSR count). The third kappa shape index (κ3) is 4.65. The molecule has 1 saturated carbocycles. The summed E-state index contributed by atoms with van der Waals surface area (Å²) in [6.45, 7) is 3.90. The molecule has 2 aromatic carbocycles. The lowest BCUT2D eigenvalue weighted by Gasteiger charge is -2.12. The lowest BCUT2D eigenvalue weighted by molar-refractivity contribution is -0.121. The maximum Gasteiger partial charge on any atom is 0.226 e. The van der Waals surface area contributed by atoms with Crippen molar-refractivity contribution in [3.8, 4) is 17.3 Å². The molecule has 0 spiro atoms. The molecule has 29 heavy (non-hydrogen) atoms. The second kappa shape index (κ2) is 8.07. The normalized spacial score (nSPS) is 13.3. The number of nitrogens with zero attached hydrogens (tertiary/aromatic N) is 2. The van der Waals surface area contributed by atoms with E-state index in [1.54, 1.807) is 16.8 Å². The molecule has 1 heterocycles. The number of hydrogen-bond acceptors (Lipinski definition) is 3. The van der Waals surface area contributed by atoms with Crippen molar-refractivity contribution in [3.05, 3.63) is 71.2 Å². The van der Waals surface area contributed by atoms with E-state index in [2.05, 4.69) is 10.4 Å². The molecular weight excluding hydrogens is 369 g/mol. The number of aromatic nitrogens is 2. The molecule has 0 saturated heterocycles. The van der Waals surface area contributed by atoms with Crippen LogP contribution in [0, 0.1) is 19.7 Å². The van der Waals surface area contributed by atoms with E-state index >= 15 is 0 Å². The largest absolute Gasteiger partial charge is 0.439 e. The molecule has 3 aromatic rings. The number of aryl methyl sites for hydroxylation is 2. The third-order valence-electron chi connectivity index (χ3n) is 4.96. The van der Waals surface area contributed by atoms with Crippen molar-refractivity contribution in [3.63, 3.8) is 0 Å². The lowest BCUT2D eigenvalue weighted by Crippen LogP contribution is -2.25. The van der Waals surface area contributed by atoms with Crippen molar-refractivity contribution in [1.82, 2.24) is 15.1 Å². The van der Waals surface area contributed by atoms with Gasteiger partial charge in [0.25, 0.3) is 0 Å². The first-order chi connectivity index (χ1) is 14.0. The van der Waals surface area contributed by atoms with Gasteiger partial charge in [0.2, 0.25) is 11.8 Å². The SMILES string of the molecule is Cc1cccc(Oc2c(CCC(=O)NC3CC3)c(C)nn2-c2ccc(F)cc2)c1. The first kappa shape index (κ1) is 19.2. The van der Waals surface area contributed by atoms with E-state index in [-0.39, 0.29) is 11.7 Å². The van der Waals surface area contributed by atoms with Crippen molar-refractivity contribution < 1.29 is 13.9 Å². The van der Waals surface area contributed by atoms with E-state index in [4.69, 9.17) is 4.74 Å². The van der Waals surface area contributed by atoms with Crippen molar-refractivity contribution in [1.29, 1.82) is 0 Å². The highest BCUT2D eigenvalue weighted by molar-refractivity contribution is 5.77. The lowest BCUT2D eigenvalue weighted by atomic mass is 10.1. The maximum atomic E-state index is 13.4. The summed E-state index contributed by atoms with van der Waals surface area (Å²) in [4.78, 5) is 12.2. The highest BCUT2D eigenvalue weighted by atomic mass is 19.1. The zero-order valence-corrected chi connectivity index (χ0v) is 16.6. The summed E-state index contributed by atoms with van der Waals surface area (Å²) in [6.07, 6.45) is 3.02. The molecule has 1 fully saturated rings. The monoisotopic (exact) mass is 393 g/mol. The summed E-state index contributed by atoms with van der Waals surface area (Å²) < 4.78 is 21.3. The fourth-order valence-corrected chi connectivity index (χ4v) is 3.24. The van der Waals surface area contributed by atoms with Crippen molar-refractivity contribution in [2.24, 2.45) is 0 Å². The van der Waals surface area contributed by atoms with Crippen LogP contribution in [0.15, 0.2) is 48.5 Å². The van der Waals surface area contributed by atoms with Gasteiger partial charge in [0.05, 0.1) is 11.4 Å². The molecule has 6 heteroatoms. The average molecular weight is 393 g/mol. The quantitative estimate of drug-likeness (QED) is 0.637. The standard InChI is InChI=1S/C23H24FN3O2/c1-15-4-3-5-20(14-15)29-23-21(12-13-22(28)25-18-8-9-18)16(2)26-27(23)19-10-6-17(24)7-11-19/h3-7,10-11,14,18H,8-9,12-13H2,1-2H3,(H,25,28). The Bertz CT molecular complexity index is 1020. The van der Waals surface area contributed by atoms with E-state index < -0.39 is 0 Å². The molecule has 1 aliphatic rings. The van der Waals surface area contributed by atoms with Gasteiger partial charge in [-0.2, -0.15) is 5.10 Å². The summed E-state index contributed by atoms with van der Waals surface area (Å²) in [5, 5.41) is 7.63. The van der Waals surface area contributed by atoms with Gasteiger partial charge in [-0.15, -0.1) is 0 Å². The van der Waals surface area contributed by atoms with Crippen LogP contribution in [0.3, 0.4) is 0 Å². The topological polar surface area (TPSA) is 56.1 Å². The summed E-state index contributed by atoms with van der Waals surface area (Å²) in [5.74, 6) is 0.981. The van der Waals surface area contributed by atoms with Gasteiger partial charge < -0.3 is 10.1 Å². The summed E-state index contributed by atoms with van der Waals surface area (Å²) in [7, 11) is 0. The fourth-order valence-electron chi connectivity index (χ4n) is 3.24. The number of nitrogens with one attached hydrogen (secondary N) is 1. The average Bonchev–Trinajstić information content (AvgIpc) is 3.44. The van der Waals surface area contributed by atoms with Gasteiger partial charge in [-0.05, 0) is 75.1 Å². The summed E-state index contributed by atoms with van der Waals surface area (Å²) in [6, 6.07) is 14.2. The smallest absolute Gasteiger partial charge is 0.226 e. The second-order valence-electron chi connectivity index (χ2n) is 7.52. The minimum atomic E-state index is -0.309. The zero-order chi connectivity index (χ0) is 20.4. The van der Waals surface area contributed by atoms with E-state index in [9.17, 15) is 9.18 Å². The molecule has 150 valence electrons. The maximum absolute atomic E-state index is 13.4. The van der Waals surface area contributed by atoms with Crippen LogP contribution >= 0.6 is 0 Å². The Hall–Kier alpha value is -3.15. The molecule has 1 N–H and O–H groups in total. The number of ether oxygens (including phenoxy) is 1. The number of rotatable bonds is 7. The predicted octanol–water partition coefficient (Wildman–Crippen LogP) is 4.63. The molecule has 0 unspecified atom stereocenters. The fraction of sp³-hybridized carbons (Fsp3) is 0.304. The molecule has 1 amide bonds. The van der Waals surface area contributed by atoms with Gasteiger partial charge in [-0.3, -0.25) is 4.79 Å². The molecule has 1 aromatic heterocycles. The zero-order valence-electron chi connectivity index (χ0n) is 16.6. The molecule has 0 bridgehead atoms. The number of benzene rings is 2. The van der Waals surface area contributed by atoms with Gasteiger partial charge in [-0.1, -0.05) is 12.1 Å². The van der Waals surface area contributed by atoms with E-state index in [0.29, 0.717) is 36.2 Å². The van der Waals surface area contributed by atoms with Crippen molar-refractivity contribution in [2.75, 3.05) is 0 Å². The Morgan fingerprint density at radius 2 is 1.97 bits per heavy atom. The third-order valence-corrected chi connectivity index (χ3v) is 4.96. The molecule has 1 aliphatic carbocycles. The molecular formula is C23H24FN3O2. The van der Waals surface area contributed by atoms with E-state index in [1.807, 2.05) is 38.1 Å². The number of amides is 1. The Labute approximate surface area is 169 Å². The van der Waals surface area contributed by atoms with Crippen LogP contribution in [0.25, 0.3) is 5.69 Å². The van der Waals surface area contributed by atoms with Crippen LogP contribution in [0.4, 0.5) is 4.39 Å². The van der Waals surface area contributed by atoms with Crippen molar-refractivity contribution in [2.45, 2.75) is 45.6 Å². The first-order valence-corrected chi connectivity index (χ1v) is 9.88. The van der Waals surface area contributed by atoms with Crippen molar-refractivity contribution >= 4 is 5.91 Å². The van der Waals surface area contributed by atoms with Crippen LogP contribution in [0.1, 0.15) is 36.1 Å². The second-order valence-corrected chi connectivity index (χ2v) is 7.52. The number of carbonyl (C=O) groups is 1. The van der Waals surface area contributed by atoms with Gasteiger partial charge in [0.1, 0.15) is 11.6 Å². The number of halogens is 1. The van der Waals surface area contributed by atoms with Gasteiger partial charge in [-0.25, -0.2) is 9.07 Å².